The van der Waals surface area contributed by atoms with Crippen LogP contribution in [0, 0.1) is 0 Å². The number of thiophene rings is 1. The first kappa shape index (κ1) is 19.2. The summed E-state index contributed by atoms with van der Waals surface area (Å²) in [6, 6.07) is 17.2. The Bertz CT molecular complexity index is 1030. The van der Waals surface area contributed by atoms with Crippen molar-refractivity contribution in [2.45, 2.75) is 25.8 Å². The van der Waals surface area contributed by atoms with Gasteiger partial charge in [-0.05, 0) is 40.6 Å². The minimum atomic E-state index is -0.266. The molecule has 0 bridgehead atoms. The maximum atomic E-state index is 13.2. The van der Waals surface area contributed by atoms with Gasteiger partial charge in [-0.25, -0.2) is 0 Å². The topological polar surface area (TPSA) is 67.4 Å². The molecule has 29 heavy (non-hydrogen) atoms. The quantitative estimate of drug-likeness (QED) is 0.644. The maximum absolute atomic E-state index is 13.2. The molecule has 1 aliphatic rings. The zero-order chi connectivity index (χ0) is 20.4. The Kier molecular flexibility index (Phi) is 5.36. The Hall–Kier alpha value is -3.12. The van der Waals surface area contributed by atoms with E-state index in [9.17, 15) is 9.59 Å². The van der Waals surface area contributed by atoms with Crippen LogP contribution in [0.15, 0.2) is 60.0 Å². The van der Waals surface area contributed by atoms with Crippen LogP contribution in [0.5, 0.6) is 5.75 Å². The number of benzene rings is 2. The van der Waals surface area contributed by atoms with Crippen molar-refractivity contribution in [1.82, 2.24) is 5.32 Å². The fraction of sp³-hybridized carbons (Fsp3) is 0.217. The first-order chi connectivity index (χ1) is 14.0. The highest BCUT2D eigenvalue weighted by Crippen LogP contribution is 2.33. The molecular weight excluding hydrogens is 384 g/mol. The molecule has 2 N–H and O–H groups in total. The fourth-order valence-electron chi connectivity index (χ4n) is 3.35. The van der Waals surface area contributed by atoms with Crippen molar-refractivity contribution in [3.63, 3.8) is 0 Å². The molecule has 2 heterocycles. The predicted octanol–water partition coefficient (Wildman–Crippen LogP) is 4.72. The lowest BCUT2D eigenvalue weighted by molar-refractivity contribution is -0.118. The third kappa shape index (κ3) is 4.03. The smallest absolute Gasteiger partial charge is 0.262 e. The Morgan fingerprint density at radius 2 is 1.83 bits per heavy atom. The van der Waals surface area contributed by atoms with Gasteiger partial charge in [-0.2, -0.15) is 0 Å². The first-order valence-electron chi connectivity index (χ1n) is 9.52. The highest BCUT2D eigenvalue weighted by Gasteiger charge is 2.25. The minimum Gasteiger partial charge on any atom is -0.481 e. The number of rotatable bonds is 5. The molecule has 1 unspecified atom stereocenters. The van der Waals surface area contributed by atoms with Crippen molar-refractivity contribution in [3.8, 4) is 5.75 Å². The van der Waals surface area contributed by atoms with Crippen LogP contribution in [-0.2, 0) is 4.79 Å². The van der Waals surface area contributed by atoms with Crippen molar-refractivity contribution in [3.05, 3.63) is 81.5 Å². The van der Waals surface area contributed by atoms with E-state index in [4.69, 9.17) is 4.74 Å². The first-order valence-corrected chi connectivity index (χ1v) is 10.4. The molecule has 1 atom stereocenters. The van der Waals surface area contributed by atoms with E-state index in [1.807, 2.05) is 17.5 Å². The molecule has 5 nitrogen and oxygen atoms in total. The average Bonchev–Trinajstić information content (AvgIpc) is 3.25. The van der Waals surface area contributed by atoms with Crippen LogP contribution in [0.25, 0.3) is 0 Å². The third-order valence-electron chi connectivity index (χ3n) is 4.92. The molecule has 6 heteroatoms. The number of hydrogen-bond acceptors (Lipinski definition) is 4. The Morgan fingerprint density at radius 3 is 2.52 bits per heavy atom. The Labute approximate surface area is 173 Å². The minimum absolute atomic E-state index is 0.0949. The van der Waals surface area contributed by atoms with Gasteiger partial charge in [0.05, 0.1) is 17.3 Å². The normalized spacial score (nSPS) is 14.0. The number of anilines is 1. The van der Waals surface area contributed by atoms with Crippen LogP contribution in [0.3, 0.4) is 0 Å². The van der Waals surface area contributed by atoms with Gasteiger partial charge in [0.2, 0.25) is 0 Å². The molecule has 2 aromatic carbocycles. The average molecular weight is 407 g/mol. The largest absolute Gasteiger partial charge is 0.481 e. The summed E-state index contributed by atoms with van der Waals surface area (Å²) < 4.78 is 5.54. The number of carbonyl (C=O) groups excluding carboxylic acids is 2. The van der Waals surface area contributed by atoms with E-state index in [-0.39, 0.29) is 24.5 Å². The second-order valence-corrected chi connectivity index (χ2v) is 8.24. The van der Waals surface area contributed by atoms with Crippen LogP contribution in [0.1, 0.15) is 52.2 Å². The van der Waals surface area contributed by atoms with Crippen molar-refractivity contribution in [2.75, 3.05) is 11.9 Å². The number of hydrogen-bond donors (Lipinski definition) is 2. The van der Waals surface area contributed by atoms with E-state index in [2.05, 4.69) is 48.7 Å². The zero-order valence-corrected chi connectivity index (χ0v) is 17.1. The summed E-state index contributed by atoms with van der Waals surface area (Å²) in [5.74, 6) is 0.382. The van der Waals surface area contributed by atoms with Crippen molar-refractivity contribution in [2.24, 2.45) is 0 Å². The Balaban J connectivity index is 1.65. The summed E-state index contributed by atoms with van der Waals surface area (Å²) in [5.41, 5.74) is 3.20. The summed E-state index contributed by atoms with van der Waals surface area (Å²) in [6.45, 7) is 4.22. The van der Waals surface area contributed by atoms with Gasteiger partial charge >= 0.3 is 0 Å². The molecule has 0 saturated carbocycles. The Morgan fingerprint density at radius 1 is 1.07 bits per heavy atom. The molecule has 2 amide bonds. The lowest BCUT2D eigenvalue weighted by Crippen LogP contribution is -2.31. The molecule has 1 aromatic heterocycles. The summed E-state index contributed by atoms with van der Waals surface area (Å²) >= 11 is 1.60. The van der Waals surface area contributed by atoms with Gasteiger partial charge in [-0.15, -0.1) is 11.3 Å². The van der Waals surface area contributed by atoms with Crippen molar-refractivity contribution < 1.29 is 14.3 Å². The van der Waals surface area contributed by atoms with Crippen LogP contribution in [0.4, 0.5) is 5.69 Å². The number of amides is 2. The molecule has 0 spiro atoms. The molecule has 0 aliphatic carbocycles. The van der Waals surface area contributed by atoms with Crippen molar-refractivity contribution in [1.29, 1.82) is 0 Å². The van der Waals surface area contributed by atoms with E-state index in [1.54, 1.807) is 29.5 Å². The van der Waals surface area contributed by atoms with Crippen LogP contribution < -0.4 is 15.4 Å². The molecule has 148 valence electrons. The fourth-order valence-corrected chi connectivity index (χ4v) is 4.15. The number of fused-ring (bicyclic) bond motifs is 1. The predicted molar refractivity (Wildman–Crippen MR) is 115 cm³/mol. The SMILES string of the molecule is CC(C)c1ccc(C(NC(=O)c2cccc3c2OCC(=O)N3)c2cccs2)cc1. The lowest BCUT2D eigenvalue weighted by atomic mass is 9.98. The van der Waals surface area contributed by atoms with Gasteiger partial charge in [0.25, 0.3) is 11.8 Å². The molecule has 0 saturated heterocycles. The summed E-state index contributed by atoms with van der Waals surface area (Å²) in [4.78, 5) is 25.8. The molecule has 0 radical (unpaired) electrons. The second kappa shape index (κ2) is 8.09. The lowest BCUT2D eigenvalue weighted by Gasteiger charge is -2.23. The third-order valence-corrected chi connectivity index (χ3v) is 5.86. The van der Waals surface area contributed by atoms with Crippen LogP contribution in [-0.4, -0.2) is 18.4 Å². The van der Waals surface area contributed by atoms with Gasteiger partial charge in [0.15, 0.2) is 12.4 Å². The molecule has 1 aliphatic heterocycles. The summed E-state index contributed by atoms with van der Waals surface area (Å²) in [7, 11) is 0. The number of nitrogens with one attached hydrogen (secondary N) is 2. The molecular formula is C23H22N2O3S. The van der Waals surface area contributed by atoms with E-state index >= 15 is 0 Å². The number of ether oxygens (including phenoxy) is 1. The van der Waals surface area contributed by atoms with Gasteiger partial charge in [-0.3, -0.25) is 9.59 Å². The zero-order valence-electron chi connectivity index (χ0n) is 16.3. The summed E-state index contributed by atoms with van der Waals surface area (Å²) in [5, 5.41) is 7.88. The number of carbonyl (C=O) groups is 2. The van der Waals surface area contributed by atoms with E-state index in [1.165, 1.54) is 5.56 Å². The molecule has 0 fully saturated rings. The van der Waals surface area contributed by atoms with Gasteiger partial charge < -0.3 is 15.4 Å². The highest BCUT2D eigenvalue weighted by atomic mass is 32.1. The van der Waals surface area contributed by atoms with E-state index in [0.29, 0.717) is 22.9 Å². The van der Waals surface area contributed by atoms with Gasteiger partial charge in [0.1, 0.15) is 0 Å². The van der Waals surface area contributed by atoms with Gasteiger partial charge in [0, 0.05) is 4.88 Å². The highest BCUT2D eigenvalue weighted by molar-refractivity contribution is 7.10. The van der Waals surface area contributed by atoms with Crippen LogP contribution in [0.2, 0.25) is 0 Å². The van der Waals surface area contributed by atoms with E-state index in [0.717, 1.165) is 10.4 Å². The number of para-hydroxylation sites is 1. The summed E-state index contributed by atoms with van der Waals surface area (Å²) in [6.07, 6.45) is 0. The monoisotopic (exact) mass is 406 g/mol. The van der Waals surface area contributed by atoms with Crippen molar-refractivity contribution >= 4 is 28.8 Å². The van der Waals surface area contributed by atoms with E-state index < -0.39 is 0 Å². The van der Waals surface area contributed by atoms with Gasteiger partial charge in [-0.1, -0.05) is 50.2 Å². The van der Waals surface area contributed by atoms with Crippen LogP contribution >= 0.6 is 11.3 Å². The standard InChI is InChI=1S/C23H22N2O3S/c1-14(2)15-8-10-16(11-9-15)21(19-7-4-12-29-19)25-23(27)17-5-3-6-18-22(17)28-13-20(26)24-18/h3-12,14,21H,13H2,1-2H3,(H,24,26)(H,25,27). The maximum Gasteiger partial charge on any atom is 0.262 e. The molecule has 3 aromatic rings. The molecule has 4 rings (SSSR count). The second-order valence-electron chi connectivity index (χ2n) is 7.26.